The summed E-state index contributed by atoms with van der Waals surface area (Å²) < 4.78 is 20.8. The number of rotatable bonds is 14. The molecule has 0 atom stereocenters. The number of esters is 1. The molecule has 6 rings (SSSR count). The van der Waals surface area contributed by atoms with Crippen molar-refractivity contribution in [2.75, 3.05) is 0 Å². The number of aromatic nitrogens is 6. The van der Waals surface area contributed by atoms with E-state index in [1.807, 2.05) is 87.5 Å². The summed E-state index contributed by atoms with van der Waals surface area (Å²) in [6.07, 6.45) is 8.54. The number of carbonyl (C=O) groups excluding carboxylic acids is 1. The highest BCUT2D eigenvalue weighted by Gasteiger charge is 2.27. The van der Waals surface area contributed by atoms with Crippen LogP contribution in [-0.2, 0) is 30.8 Å². The average molecular weight is 707 g/mol. The van der Waals surface area contributed by atoms with E-state index in [2.05, 4.69) is 34.0 Å². The Morgan fingerprint density at radius 2 is 1.13 bits per heavy atom. The number of carbonyl (C=O) groups is 2. The molecule has 52 heavy (non-hydrogen) atoms. The predicted molar refractivity (Wildman–Crippen MR) is 197 cm³/mol. The number of carboxylic acid groups (broad SMARTS) is 1. The van der Waals surface area contributed by atoms with Gasteiger partial charge in [0, 0.05) is 23.5 Å². The van der Waals surface area contributed by atoms with Gasteiger partial charge in [0.1, 0.15) is 54.1 Å². The summed E-state index contributed by atoms with van der Waals surface area (Å²) in [5, 5.41) is 18.1. The van der Waals surface area contributed by atoms with Crippen molar-refractivity contribution in [1.29, 1.82) is 0 Å². The fourth-order valence-electron chi connectivity index (χ4n) is 5.53. The summed E-state index contributed by atoms with van der Waals surface area (Å²) in [4.78, 5) is 33.1. The lowest BCUT2D eigenvalue weighted by molar-refractivity contribution is 0.00667. The Balaban J connectivity index is 0.000000203. The number of hydrogen-bond acceptors (Lipinski definition) is 9. The molecule has 0 saturated carbocycles. The van der Waals surface area contributed by atoms with Crippen LogP contribution in [0.4, 0.5) is 0 Å². The SMILES string of the molecule is CCCCc1cc(OCc2ccccc2)c(C(=O)O)c2ncnn12.CCCCc1cc(OCc2ccccc2)c(C(=O)OC(C)(C)C)c2ncnn12. The molecule has 0 aliphatic heterocycles. The molecule has 272 valence electrons. The van der Waals surface area contributed by atoms with Crippen LogP contribution < -0.4 is 9.47 Å². The van der Waals surface area contributed by atoms with E-state index in [1.54, 1.807) is 15.1 Å². The Morgan fingerprint density at radius 1 is 0.692 bits per heavy atom. The van der Waals surface area contributed by atoms with Gasteiger partial charge < -0.3 is 19.3 Å². The standard InChI is InChI=1S/C22H27N3O3.C18H19N3O3/c1-5-6-12-17-13-18(27-14-16-10-8-7-9-11-16)19(20-23-15-24-25(17)20)21(26)28-22(2,3)4;1-2-3-9-14-10-15(24-11-13-7-5-4-6-8-13)16(18(22)23)17-19-12-20-21(14)17/h7-11,13,15H,5-6,12,14H2,1-4H3;4-8,10,12H,2-3,9,11H2,1H3,(H,22,23). The molecule has 12 heteroatoms. The van der Waals surface area contributed by atoms with Gasteiger partial charge in [0.05, 0.1) is 0 Å². The van der Waals surface area contributed by atoms with Crippen LogP contribution in [0.1, 0.15) is 104 Å². The molecule has 0 fully saturated rings. The highest BCUT2D eigenvalue weighted by Crippen LogP contribution is 2.29. The molecule has 0 radical (unpaired) electrons. The number of aromatic carboxylic acids is 1. The molecule has 4 heterocycles. The third-order valence-corrected chi connectivity index (χ3v) is 8.04. The zero-order valence-corrected chi connectivity index (χ0v) is 30.4. The van der Waals surface area contributed by atoms with Crippen LogP contribution in [0.2, 0.25) is 0 Å². The van der Waals surface area contributed by atoms with E-state index in [0.29, 0.717) is 41.6 Å². The second kappa shape index (κ2) is 17.4. The molecule has 4 aromatic heterocycles. The van der Waals surface area contributed by atoms with Crippen LogP contribution in [0.3, 0.4) is 0 Å². The van der Waals surface area contributed by atoms with Crippen molar-refractivity contribution in [2.45, 2.75) is 92.0 Å². The number of fused-ring (bicyclic) bond motifs is 2. The normalized spacial score (nSPS) is 11.2. The summed E-state index contributed by atoms with van der Waals surface area (Å²) in [5.74, 6) is -0.726. The molecule has 12 nitrogen and oxygen atoms in total. The van der Waals surface area contributed by atoms with E-state index in [9.17, 15) is 14.7 Å². The van der Waals surface area contributed by atoms with E-state index in [0.717, 1.165) is 61.0 Å². The van der Waals surface area contributed by atoms with Crippen molar-refractivity contribution in [3.8, 4) is 11.5 Å². The minimum Gasteiger partial charge on any atom is -0.488 e. The van der Waals surface area contributed by atoms with Crippen molar-refractivity contribution in [3.05, 3.63) is 119 Å². The van der Waals surface area contributed by atoms with Crippen LogP contribution in [0.25, 0.3) is 11.3 Å². The van der Waals surface area contributed by atoms with Crippen molar-refractivity contribution in [2.24, 2.45) is 0 Å². The first-order valence-electron chi connectivity index (χ1n) is 17.6. The lowest BCUT2D eigenvalue weighted by atomic mass is 10.1. The summed E-state index contributed by atoms with van der Waals surface area (Å²) in [6.45, 7) is 10.4. The van der Waals surface area contributed by atoms with Crippen LogP contribution in [0.5, 0.6) is 11.5 Å². The number of carboxylic acids is 1. The zero-order chi connectivity index (χ0) is 37.1. The van der Waals surface area contributed by atoms with Gasteiger partial charge in [-0.15, -0.1) is 0 Å². The van der Waals surface area contributed by atoms with Gasteiger partial charge in [-0.25, -0.2) is 28.6 Å². The summed E-state index contributed by atoms with van der Waals surface area (Å²) >= 11 is 0. The second-order valence-electron chi connectivity index (χ2n) is 13.3. The Bertz CT molecular complexity index is 2090. The minimum absolute atomic E-state index is 0.0451. The molecule has 6 aromatic rings. The Kier molecular flexibility index (Phi) is 12.6. The summed E-state index contributed by atoms with van der Waals surface area (Å²) in [6, 6.07) is 23.2. The van der Waals surface area contributed by atoms with Crippen molar-refractivity contribution < 1.29 is 28.9 Å². The van der Waals surface area contributed by atoms with E-state index in [1.165, 1.54) is 12.7 Å². The van der Waals surface area contributed by atoms with Crippen molar-refractivity contribution in [3.63, 3.8) is 0 Å². The van der Waals surface area contributed by atoms with E-state index in [4.69, 9.17) is 14.2 Å². The molecule has 0 saturated heterocycles. The molecule has 0 spiro atoms. The van der Waals surface area contributed by atoms with Crippen molar-refractivity contribution in [1.82, 2.24) is 29.2 Å². The van der Waals surface area contributed by atoms with Crippen LogP contribution >= 0.6 is 0 Å². The summed E-state index contributed by atoms with van der Waals surface area (Å²) in [7, 11) is 0. The largest absolute Gasteiger partial charge is 0.488 e. The number of ether oxygens (including phenoxy) is 3. The van der Waals surface area contributed by atoms with Gasteiger partial charge in [0.25, 0.3) is 0 Å². The topological polar surface area (TPSA) is 142 Å². The Labute approximate surface area is 303 Å². The highest BCUT2D eigenvalue weighted by atomic mass is 16.6. The molecule has 0 aliphatic rings. The lowest BCUT2D eigenvalue weighted by Crippen LogP contribution is -2.25. The highest BCUT2D eigenvalue weighted by molar-refractivity contribution is 5.99. The van der Waals surface area contributed by atoms with Gasteiger partial charge >= 0.3 is 11.9 Å². The predicted octanol–water partition coefficient (Wildman–Crippen LogP) is 7.96. The number of benzene rings is 2. The fourth-order valence-corrected chi connectivity index (χ4v) is 5.53. The number of pyridine rings is 2. The third-order valence-electron chi connectivity index (χ3n) is 8.04. The molecule has 0 unspecified atom stereocenters. The zero-order valence-electron chi connectivity index (χ0n) is 30.4. The van der Waals surface area contributed by atoms with E-state index in [-0.39, 0.29) is 5.56 Å². The van der Waals surface area contributed by atoms with E-state index < -0.39 is 17.5 Å². The second-order valence-corrected chi connectivity index (χ2v) is 13.3. The molecule has 0 bridgehead atoms. The molecular formula is C40H46N6O6. The minimum atomic E-state index is -1.07. The quantitative estimate of drug-likeness (QED) is 0.111. The lowest BCUT2D eigenvalue weighted by Gasteiger charge is -2.21. The average Bonchev–Trinajstić information content (AvgIpc) is 3.82. The number of aryl methyl sites for hydroxylation is 2. The summed E-state index contributed by atoms with van der Waals surface area (Å²) in [5.41, 5.74) is 4.38. The van der Waals surface area contributed by atoms with Crippen molar-refractivity contribution >= 4 is 23.2 Å². The maximum atomic E-state index is 12.9. The first kappa shape index (κ1) is 37.5. The molecular weight excluding hydrogens is 660 g/mol. The Hall–Kier alpha value is -5.78. The van der Waals surface area contributed by atoms with Gasteiger partial charge in [-0.2, -0.15) is 10.2 Å². The maximum absolute atomic E-state index is 12.9. The van der Waals surface area contributed by atoms with Gasteiger partial charge in [-0.05, 0) is 57.6 Å². The van der Waals surface area contributed by atoms with Gasteiger partial charge in [0.15, 0.2) is 11.3 Å². The molecule has 1 N–H and O–H groups in total. The van der Waals surface area contributed by atoms with E-state index >= 15 is 0 Å². The number of unbranched alkanes of at least 4 members (excludes halogenated alkanes) is 2. The smallest absolute Gasteiger partial charge is 0.346 e. The first-order chi connectivity index (χ1) is 25.1. The third kappa shape index (κ3) is 9.51. The monoisotopic (exact) mass is 706 g/mol. The molecule has 0 aliphatic carbocycles. The first-order valence-corrected chi connectivity index (χ1v) is 17.6. The molecule has 2 aromatic carbocycles. The van der Waals surface area contributed by atoms with Crippen LogP contribution in [-0.4, -0.2) is 51.8 Å². The molecule has 0 amide bonds. The van der Waals surface area contributed by atoms with Crippen LogP contribution in [0, 0.1) is 0 Å². The number of hydrogen-bond donors (Lipinski definition) is 1. The van der Waals surface area contributed by atoms with Gasteiger partial charge in [-0.1, -0.05) is 87.4 Å². The fraction of sp³-hybridized carbons (Fsp3) is 0.350. The van der Waals surface area contributed by atoms with Crippen LogP contribution in [0.15, 0.2) is 85.5 Å². The Morgan fingerprint density at radius 3 is 1.56 bits per heavy atom. The number of nitrogens with zero attached hydrogens (tertiary/aromatic N) is 6. The maximum Gasteiger partial charge on any atom is 0.346 e. The van der Waals surface area contributed by atoms with Gasteiger partial charge in [-0.3, -0.25) is 0 Å². The van der Waals surface area contributed by atoms with Gasteiger partial charge in [0.2, 0.25) is 0 Å².